The fraction of sp³-hybridized carbons (Fsp3) is 0.188. The van der Waals surface area contributed by atoms with Crippen LogP contribution in [0.15, 0.2) is 41.0 Å². The molecule has 2 heterocycles. The van der Waals surface area contributed by atoms with E-state index in [1.807, 2.05) is 18.2 Å². The standard InChI is InChI=1S/C16H17N3O/c1-10-7-11(2)16(12(3)8-10)19-15(17)9-13(18-19)14-5-4-6-20-14/h4-9H,17H2,1-3H3. The third-order valence-corrected chi connectivity index (χ3v) is 3.36. The second-order valence-electron chi connectivity index (χ2n) is 5.09. The van der Waals surface area contributed by atoms with Crippen molar-refractivity contribution in [3.8, 4) is 17.1 Å². The molecule has 4 heteroatoms. The van der Waals surface area contributed by atoms with Gasteiger partial charge in [-0.25, -0.2) is 4.68 Å². The number of aryl methyl sites for hydroxylation is 3. The molecule has 3 aromatic rings. The second-order valence-corrected chi connectivity index (χ2v) is 5.09. The Hall–Kier alpha value is -2.49. The molecule has 2 N–H and O–H groups in total. The molecule has 0 aliphatic rings. The number of furan rings is 1. The molecule has 0 spiro atoms. The lowest BCUT2D eigenvalue weighted by Crippen LogP contribution is -2.06. The summed E-state index contributed by atoms with van der Waals surface area (Å²) in [6, 6.07) is 9.82. The van der Waals surface area contributed by atoms with Crippen molar-refractivity contribution in [2.45, 2.75) is 20.8 Å². The van der Waals surface area contributed by atoms with Crippen LogP contribution in [0.3, 0.4) is 0 Å². The predicted octanol–water partition coefficient (Wildman–Crippen LogP) is 3.64. The number of nitrogens with zero attached hydrogens (tertiary/aromatic N) is 2. The van der Waals surface area contributed by atoms with Crippen molar-refractivity contribution >= 4 is 5.82 Å². The molecule has 0 radical (unpaired) electrons. The van der Waals surface area contributed by atoms with E-state index in [1.54, 1.807) is 10.9 Å². The molecule has 3 rings (SSSR count). The highest BCUT2D eigenvalue weighted by atomic mass is 16.3. The Morgan fingerprint density at radius 3 is 2.40 bits per heavy atom. The SMILES string of the molecule is Cc1cc(C)c(-n2nc(-c3ccco3)cc2N)c(C)c1. The van der Waals surface area contributed by atoms with E-state index < -0.39 is 0 Å². The number of anilines is 1. The number of hydrogen-bond acceptors (Lipinski definition) is 3. The zero-order valence-corrected chi connectivity index (χ0v) is 11.8. The lowest BCUT2D eigenvalue weighted by atomic mass is 10.1. The van der Waals surface area contributed by atoms with Crippen LogP contribution in [0.25, 0.3) is 17.1 Å². The van der Waals surface area contributed by atoms with Gasteiger partial charge in [-0.3, -0.25) is 0 Å². The Kier molecular flexibility index (Phi) is 2.86. The van der Waals surface area contributed by atoms with Crippen molar-refractivity contribution in [3.63, 3.8) is 0 Å². The van der Waals surface area contributed by atoms with E-state index in [0.717, 1.165) is 28.3 Å². The largest absolute Gasteiger partial charge is 0.463 e. The predicted molar refractivity (Wildman–Crippen MR) is 79.9 cm³/mol. The first-order valence-corrected chi connectivity index (χ1v) is 6.54. The third kappa shape index (κ3) is 1.99. The molecule has 0 unspecified atom stereocenters. The molecule has 1 aromatic carbocycles. The maximum absolute atomic E-state index is 6.11. The molecule has 102 valence electrons. The molecule has 0 saturated heterocycles. The topological polar surface area (TPSA) is 57.0 Å². The van der Waals surface area contributed by atoms with Gasteiger partial charge in [0, 0.05) is 6.07 Å². The van der Waals surface area contributed by atoms with E-state index in [4.69, 9.17) is 10.2 Å². The molecule has 0 aliphatic carbocycles. The van der Waals surface area contributed by atoms with Gasteiger partial charge in [-0.15, -0.1) is 0 Å². The summed E-state index contributed by atoms with van der Waals surface area (Å²) in [5.41, 5.74) is 11.4. The number of rotatable bonds is 2. The minimum absolute atomic E-state index is 0.603. The highest BCUT2D eigenvalue weighted by Gasteiger charge is 2.14. The molecule has 20 heavy (non-hydrogen) atoms. The van der Waals surface area contributed by atoms with Crippen LogP contribution in [-0.2, 0) is 0 Å². The average Bonchev–Trinajstić information content (AvgIpc) is 2.98. The van der Waals surface area contributed by atoms with Gasteiger partial charge in [0.1, 0.15) is 11.5 Å². The number of hydrogen-bond donors (Lipinski definition) is 1. The molecule has 0 atom stereocenters. The van der Waals surface area contributed by atoms with Crippen molar-refractivity contribution in [3.05, 3.63) is 53.3 Å². The van der Waals surface area contributed by atoms with Gasteiger partial charge in [-0.1, -0.05) is 17.7 Å². The summed E-state index contributed by atoms with van der Waals surface area (Å²) < 4.78 is 7.15. The van der Waals surface area contributed by atoms with Crippen molar-refractivity contribution in [1.29, 1.82) is 0 Å². The fourth-order valence-electron chi connectivity index (χ4n) is 2.63. The van der Waals surface area contributed by atoms with Gasteiger partial charge in [-0.05, 0) is 44.0 Å². The molecule has 0 fully saturated rings. The second kappa shape index (κ2) is 4.56. The number of benzene rings is 1. The Labute approximate surface area is 117 Å². The first kappa shape index (κ1) is 12.5. The Morgan fingerprint density at radius 1 is 1.10 bits per heavy atom. The van der Waals surface area contributed by atoms with Crippen molar-refractivity contribution in [2.24, 2.45) is 0 Å². The molecule has 0 bridgehead atoms. The minimum atomic E-state index is 0.603. The average molecular weight is 267 g/mol. The molecule has 4 nitrogen and oxygen atoms in total. The van der Waals surface area contributed by atoms with Crippen molar-refractivity contribution < 1.29 is 4.42 Å². The van der Waals surface area contributed by atoms with Crippen LogP contribution >= 0.6 is 0 Å². The fourth-order valence-corrected chi connectivity index (χ4v) is 2.63. The summed E-state index contributed by atoms with van der Waals surface area (Å²) in [4.78, 5) is 0. The van der Waals surface area contributed by atoms with Gasteiger partial charge in [0.15, 0.2) is 5.76 Å². The summed E-state index contributed by atoms with van der Waals surface area (Å²) in [5.74, 6) is 1.32. The molecular formula is C16H17N3O. The molecule has 0 aliphatic heterocycles. The zero-order chi connectivity index (χ0) is 14.3. The third-order valence-electron chi connectivity index (χ3n) is 3.36. The summed E-state index contributed by atoms with van der Waals surface area (Å²) >= 11 is 0. The highest BCUT2D eigenvalue weighted by Crippen LogP contribution is 2.27. The number of nitrogen functional groups attached to an aromatic ring is 1. The molecule has 0 saturated carbocycles. The first-order valence-electron chi connectivity index (χ1n) is 6.54. The number of aromatic nitrogens is 2. The van der Waals surface area contributed by atoms with Gasteiger partial charge >= 0.3 is 0 Å². The highest BCUT2D eigenvalue weighted by molar-refractivity contribution is 5.61. The van der Waals surface area contributed by atoms with Gasteiger partial charge in [0.25, 0.3) is 0 Å². The normalized spacial score (nSPS) is 10.9. The monoisotopic (exact) mass is 267 g/mol. The van der Waals surface area contributed by atoms with E-state index in [1.165, 1.54) is 5.56 Å². The van der Waals surface area contributed by atoms with E-state index in [-0.39, 0.29) is 0 Å². The van der Waals surface area contributed by atoms with Crippen LogP contribution in [0, 0.1) is 20.8 Å². The Bertz CT molecular complexity index is 731. The minimum Gasteiger partial charge on any atom is -0.463 e. The lowest BCUT2D eigenvalue weighted by Gasteiger charge is -2.12. The molecule has 0 amide bonds. The van der Waals surface area contributed by atoms with Crippen LogP contribution in [0.2, 0.25) is 0 Å². The smallest absolute Gasteiger partial charge is 0.154 e. The maximum atomic E-state index is 6.11. The van der Waals surface area contributed by atoms with Crippen LogP contribution in [0.5, 0.6) is 0 Å². The quantitative estimate of drug-likeness (QED) is 0.771. The zero-order valence-electron chi connectivity index (χ0n) is 11.8. The van der Waals surface area contributed by atoms with Crippen LogP contribution in [0.1, 0.15) is 16.7 Å². The molecule has 2 aromatic heterocycles. The van der Waals surface area contributed by atoms with E-state index in [2.05, 4.69) is 38.0 Å². The Balaban J connectivity index is 2.17. The summed E-state index contributed by atoms with van der Waals surface area (Å²) in [5, 5.41) is 4.57. The van der Waals surface area contributed by atoms with Crippen LogP contribution in [0.4, 0.5) is 5.82 Å². The van der Waals surface area contributed by atoms with E-state index in [0.29, 0.717) is 5.82 Å². The lowest BCUT2D eigenvalue weighted by molar-refractivity contribution is 0.579. The van der Waals surface area contributed by atoms with Gasteiger partial charge < -0.3 is 10.2 Å². The first-order chi connectivity index (χ1) is 9.56. The van der Waals surface area contributed by atoms with Crippen molar-refractivity contribution in [1.82, 2.24) is 9.78 Å². The summed E-state index contributed by atoms with van der Waals surface area (Å²) in [6.07, 6.45) is 1.63. The molecular weight excluding hydrogens is 250 g/mol. The van der Waals surface area contributed by atoms with Crippen LogP contribution in [-0.4, -0.2) is 9.78 Å². The van der Waals surface area contributed by atoms with E-state index in [9.17, 15) is 0 Å². The van der Waals surface area contributed by atoms with Gasteiger partial charge in [0.2, 0.25) is 0 Å². The number of nitrogens with two attached hydrogens (primary N) is 1. The van der Waals surface area contributed by atoms with Crippen LogP contribution < -0.4 is 5.73 Å². The summed E-state index contributed by atoms with van der Waals surface area (Å²) in [7, 11) is 0. The maximum Gasteiger partial charge on any atom is 0.154 e. The van der Waals surface area contributed by atoms with Crippen molar-refractivity contribution in [2.75, 3.05) is 5.73 Å². The summed E-state index contributed by atoms with van der Waals surface area (Å²) in [6.45, 7) is 6.23. The van der Waals surface area contributed by atoms with Gasteiger partial charge in [0.05, 0.1) is 12.0 Å². The Morgan fingerprint density at radius 2 is 1.80 bits per heavy atom. The van der Waals surface area contributed by atoms with E-state index >= 15 is 0 Å². The van der Waals surface area contributed by atoms with Gasteiger partial charge in [-0.2, -0.15) is 5.10 Å².